The molecule has 0 spiro atoms. The maximum Gasteiger partial charge on any atom is 0.225 e. The Morgan fingerprint density at radius 1 is 1.37 bits per heavy atom. The Labute approximate surface area is 123 Å². The predicted octanol–water partition coefficient (Wildman–Crippen LogP) is 2.80. The first kappa shape index (κ1) is 14.5. The minimum atomic E-state index is -0.338. The molecular formula is C15H21BrN2O. The highest BCUT2D eigenvalue weighted by molar-refractivity contribution is 9.10. The van der Waals surface area contributed by atoms with Gasteiger partial charge in [0.15, 0.2) is 0 Å². The Kier molecular flexibility index (Phi) is 4.63. The molecule has 0 aromatic heterocycles. The number of nitrogens with one attached hydrogen (secondary N) is 2. The molecule has 1 aliphatic heterocycles. The van der Waals surface area contributed by atoms with Gasteiger partial charge in [-0.15, -0.1) is 0 Å². The molecule has 1 amide bonds. The third-order valence-electron chi connectivity index (χ3n) is 3.67. The summed E-state index contributed by atoms with van der Waals surface area (Å²) in [6.07, 6.45) is 2.06. The monoisotopic (exact) mass is 324 g/mol. The molecule has 104 valence electrons. The molecule has 19 heavy (non-hydrogen) atoms. The molecular weight excluding hydrogens is 304 g/mol. The van der Waals surface area contributed by atoms with E-state index in [-0.39, 0.29) is 17.4 Å². The third kappa shape index (κ3) is 3.80. The molecule has 0 saturated carbocycles. The van der Waals surface area contributed by atoms with E-state index in [1.807, 2.05) is 38.1 Å². The van der Waals surface area contributed by atoms with Gasteiger partial charge >= 0.3 is 0 Å². The van der Waals surface area contributed by atoms with Gasteiger partial charge in [0.05, 0.1) is 11.5 Å². The highest BCUT2D eigenvalue weighted by Gasteiger charge is 2.28. The average molecular weight is 325 g/mol. The van der Waals surface area contributed by atoms with Gasteiger partial charge in [-0.25, -0.2) is 0 Å². The van der Waals surface area contributed by atoms with Crippen LogP contribution in [0, 0.1) is 5.92 Å². The first-order valence-electron chi connectivity index (χ1n) is 6.78. The molecule has 1 aromatic carbocycles. The van der Waals surface area contributed by atoms with Gasteiger partial charge in [-0.3, -0.25) is 4.79 Å². The van der Waals surface area contributed by atoms with E-state index >= 15 is 0 Å². The lowest BCUT2D eigenvalue weighted by molar-refractivity contribution is -0.127. The summed E-state index contributed by atoms with van der Waals surface area (Å²) < 4.78 is 1.05. The number of halogens is 1. The highest BCUT2D eigenvalue weighted by atomic mass is 79.9. The van der Waals surface area contributed by atoms with E-state index in [9.17, 15) is 4.79 Å². The summed E-state index contributed by atoms with van der Waals surface area (Å²) in [7, 11) is 0. The Morgan fingerprint density at radius 3 is 2.63 bits per heavy atom. The molecule has 2 N–H and O–H groups in total. The lowest BCUT2D eigenvalue weighted by Gasteiger charge is -2.31. The quantitative estimate of drug-likeness (QED) is 0.897. The summed E-state index contributed by atoms with van der Waals surface area (Å²) in [5.41, 5.74) is 0.780. The number of carbonyl (C=O) groups excluding carboxylic acids is 1. The van der Waals surface area contributed by atoms with Gasteiger partial charge in [0.2, 0.25) is 5.91 Å². The van der Waals surface area contributed by atoms with Crippen molar-refractivity contribution < 1.29 is 4.79 Å². The predicted molar refractivity (Wildman–Crippen MR) is 80.9 cm³/mol. The van der Waals surface area contributed by atoms with Gasteiger partial charge in [0.1, 0.15) is 0 Å². The summed E-state index contributed by atoms with van der Waals surface area (Å²) in [4.78, 5) is 12.3. The van der Waals surface area contributed by atoms with Crippen LogP contribution in [0.5, 0.6) is 0 Å². The smallest absolute Gasteiger partial charge is 0.225 e. The van der Waals surface area contributed by atoms with Crippen molar-refractivity contribution >= 4 is 21.8 Å². The van der Waals surface area contributed by atoms with Crippen molar-refractivity contribution in [3.8, 4) is 0 Å². The Bertz CT molecular complexity index is 436. The van der Waals surface area contributed by atoms with E-state index in [1.165, 1.54) is 0 Å². The van der Waals surface area contributed by atoms with Crippen LogP contribution in [-0.2, 0) is 10.3 Å². The minimum absolute atomic E-state index is 0.100. The molecule has 1 atom stereocenters. The van der Waals surface area contributed by atoms with E-state index in [1.54, 1.807) is 0 Å². The summed E-state index contributed by atoms with van der Waals surface area (Å²) in [6, 6.07) is 8.10. The van der Waals surface area contributed by atoms with E-state index in [2.05, 4.69) is 26.6 Å². The summed E-state index contributed by atoms with van der Waals surface area (Å²) in [6.45, 7) is 5.91. The zero-order valence-corrected chi connectivity index (χ0v) is 13.1. The second-order valence-electron chi connectivity index (χ2n) is 5.66. The highest BCUT2D eigenvalue weighted by Crippen LogP contribution is 2.23. The Balaban J connectivity index is 2.03. The van der Waals surface area contributed by atoms with Crippen molar-refractivity contribution in [2.75, 3.05) is 13.1 Å². The second kappa shape index (κ2) is 6.06. The molecule has 1 saturated heterocycles. The van der Waals surface area contributed by atoms with Gasteiger partial charge in [0.25, 0.3) is 0 Å². The molecule has 1 aliphatic rings. The van der Waals surface area contributed by atoms with Crippen molar-refractivity contribution in [3.63, 3.8) is 0 Å². The average Bonchev–Trinajstić information content (AvgIpc) is 2.40. The number of rotatable bonds is 3. The van der Waals surface area contributed by atoms with Gasteiger partial charge < -0.3 is 10.6 Å². The van der Waals surface area contributed by atoms with Gasteiger partial charge in [0, 0.05) is 11.0 Å². The summed E-state index contributed by atoms with van der Waals surface area (Å²) in [5, 5.41) is 6.45. The molecule has 0 radical (unpaired) electrons. The van der Waals surface area contributed by atoms with E-state index < -0.39 is 0 Å². The van der Waals surface area contributed by atoms with Crippen LogP contribution in [-0.4, -0.2) is 19.0 Å². The first-order chi connectivity index (χ1) is 8.99. The zero-order valence-electron chi connectivity index (χ0n) is 11.5. The summed E-state index contributed by atoms with van der Waals surface area (Å²) in [5.74, 6) is 0.253. The van der Waals surface area contributed by atoms with Crippen molar-refractivity contribution in [3.05, 3.63) is 34.3 Å². The van der Waals surface area contributed by atoms with Crippen molar-refractivity contribution in [1.29, 1.82) is 0 Å². The largest absolute Gasteiger partial charge is 0.347 e. The third-order valence-corrected chi connectivity index (χ3v) is 4.20. The number of benzene rings is 1. The van der Waals surface area contributed by atoms with E-state index in [0.29, 0.717) is 0 Å². The summed E-state index contributed by atoms with van der Waals surface area (Å²) >= 11 is 3.43. The van der Waals surface area contributed by atoms with Crippen LogP contribution in [0.15, 0.2) is 28.7 Å². The maximum absolute atomic E-state index is 12.3. The fourth-order valence-corrected chi connectivity index (χ4v) is 2.69. The SMILES string of the molecule is CC(C)(NC(=O)[C@H]1CCCNC1)c1ccc(Br)cc1. The molecule has 1 heterocycles. The molecule has 1 aromatic rings. The zero-order chi connectivity index (χ0) is 13.9. The van der Waals surface area contributed by atoms with Crippen LogP contribution < -0.4 is 10.6 Å². The van der Waals surface area contributed by atoms with Gasteiger partial charge in [-0.1, -0.05) is 28.1 Å². The molecule has 0 bridgehead atoms. The van der Waals surface area contributed by atoms with Crippen LogP contribution in [0.3, 0.4) is 0 Å². The number of hydrogen-bond donors (Lipinski definition) is 2. The van der Waals surface area contributed by atoms with E-state index in [4.69, 9.17) is 0 Å². The van der Waals surface area contributed by atoms with Crippen molar-refractivity contribution in [2.45, 2.75) is 32.2 Å². The number of hydrogen-bond acceptors (Lipinski definition) is 2. The first-order valence-corrected chi connectivity index (χ1v) is 7.57. The standard InChI is InChI=1S/C15H21BrN2O/c1-15(2,12-5-7-13(16)8-6-12)18-14(19)11-4-3-9-17-10-11/h5-8,11,17H,3-4,9-10H2,1-2H3,(H,18,19)/t11-/m0/s1. The normalized spacial score (nSPS) is 20.1. The number of amides is 1. The van der Waals surface area contributed by atoms with Crippen LogP contribution in [0.4, 0.5) is 0 Å². The van der Waals surface area contributed by atoms with Crippen molar-refractivity contribution in [1.82, 2.24) is 10.6 Å². The van der Waals surface area contributed by atoms with Gasteiger partial charge in [-0.05, 0) is 50.9 Å². The number of carbonyl (C=O) groups is 1. The van der Waals surface area contributed by atoms with Crippen LogP contribution in [0.1, 0.15) is 32.3 Å². The molecule has 2 rings (SSSR count). The topological polar surface area (TPSA) is 41.1 Å². The second-order valence-corrected chi connectivity index (χ2v) is 6.58. The Hall–Kier alpha value is -0.870. The molecule has 4 heteroatoms. The maximum atomic E-state index is 12.3. The molecule has 1 fully saturated rings. The number of piperidine rings is 1. The Morgan fingerprint density at radius 2 is 2.05 bits per heavy atom. The lowest BCUT2D eigenvalue weighted by Crippen LogP contribution is -2.47. The van der Waals surface area contributed by atoms with Gasteiger partial charge in [-0.2, -0.15) is 0 Å². The van der Waals surface area contributed by atoms with Crippen LogP contribution in [0.2, 0.25) is 0 Å². The fraction of sp³-hybridized carbons (Fsp3) is 0.533. The van der Waals surface area contributed by atoms with Crippen molar-refractivity contribution in [2.24, 2.45) is 5.92 Å². The van der Waals surface area contributed by atoms with Crippen LogP contribution >= 0.6 is 15.9 Å². The lowest BCUT2D eigenvalue weighted by atomic mass is 9.92. The molecule has 0 aliphatic carbocycles. The van der Waals surface area contributed by atoms with E-state index in [0.717, 1.165) is 36.0 Å². The minimum Gasteiger partial charge on any atom is -0.347 e. The molecule has 0 unspecified atom stereocenters. The van der Waals surface area contributed by atoms with Crippen LogP contribution in [0.25, 0.3) is 0 Å². The fourth-order valence-electron chi connectivity index (χ4n) is 2.42. The molecule has 3 nitrogen and oxygen atoms in total.